The Balaban J connectivity index is 3.69. The second kappa shape index (κ2) is 3.86. The number of rotatable bonds is 3. The van der Waals surface area contributed by atoms with Crippen LogP contribution < -0.4 is 11.5 Å². The molecule has 0 radical (unpaired) electrons. The fraction of sp³-hybridized carbons (Fsp3) is 0.167. The van der Waals surface area contributed by atoms with Crippen LogP contribution in [0.15, 0.2) is 24.8 Å². The van der Waals surface area contributed by atoms with E-state index in [2.05, 4.69) is 6.58 Å². The van der Waals surface area contributed by atoms with Crippen molar-refractivity contribution in [2.45, 2.75) is 6.04 Å². The molecule has 0 rings (SSSR count). The number of nitrogens with two attached hydrogens (primary N) is 2. The minimum atomic E-state index is -0.493. The van der Waals surface area contributed by atoms with Crippen molar-refractivity contribution >= 4 is 5.91 Å². The molecule has 0 aliphatic heterocycles. The van der Waals surface area contributed by atoms with Gasteiger partial charge in [-0.2, -0.15) is 0 Å². The molecule has 0 heterocycles. The summed E-state index contributed by atoms with van der Waals surface area (Å²) in [7, 11) is 0. The third kappa shape index (κ3) is 4.77. The number of carbonyl (C=O) groups excluding carboxylic acids is 1. The molecule has 1 atom stereocenters. The van der Waals surface area contributed by atoms with Gasteiger partial charge in [0.05, 0.1) is 0 Å². The van der Waals surface area contributed by atoms with Crippen LogP contribution in [0.5, 0.6) is 0 Å². The third-order valence-corrected chi connectivity index (χ3v) is 0.755. The Labute approximate surface area is 54.0 Å². The van der Waals surface area contributed by atoms with Crippen LogP contribution >= 0.6 is 0 Å². The molecule has 4 N–H and O–H groups in total. The van der Waals surface area contributed by atoms with Crippen molar-refractivity contribution in [1.82, 2.24) is 0 Å². The van der Waals surface area contributed by atoms with E-state index < -0.39 is 5.91 Å². The lowest BCUT2D eigenvalue weighted by Gasteiger charge is -1.92. The molecule has 0 aliphatic rings. The molecule has 9 heavy (non-hydrogen) atoms. The number of primary amides is 1. The van der Waals surface area contributed by atoms with Gasteiger partial charge in [-0.25, -0.2) is 0 Å². The molecule has 0 saturated carbocycles. The standard InChI is InChI=1S/C6H10N2O/c1-2-5(7)3-4-6(8)9/h2-5H,1,7H2,(H2,8,9). The fourth-order valence-corrected chi connectivity index (χ4v) is 0.285. The molecule has 0 aromatic carbocycles. The lowest BCUT2D eigenvalue weighted by Crippen LogP contribution is -2.14. The summed E-state index contributed by atoms with van der Waals surface area (Å²) in [5.41, 5.74) is 10.1. The molecule has 0 saturated heterocycles. The molecule has 50 valence electrons. The molecule has 0 aromatic heterocycles. The van der Waals surface area contributed by atoms with Gasteiger partial charge in [0.2, 0.25) is 5.91 Å². The molecule has 0 bridgehead atoms. The van der Waals surface area contributed by atoms with Crippen molar-refractivity contribution < 1.29 is 4.79 Å². The smallest absolute Gasteiger partial charge is 0.241 e. The minimum absolute atomic E-state index is 0.280. The number of hydrogen-bond donors (Lipinski definition) is 2. The van der Waals surface area contributed by atoms with Gasteiger partial charge in [-0.1, -0.05) is 12.2 Å². The van der Waals surface area contributed by atoms with E-state index in [1.165, 1.54) is 18.2 Å². The first-order valence-electron chi connectivity index (χ1n) is 2.52. The zero-order valence-corrected chi connectivity index (χ0v) is 5.08. The summed E-state index contributed by atoms with van der Waals surface area (Å²) >= 11 is 0. The summed E-state index contributed by atoms with van der Waals surface area (Å²) in [6.07, 6.45) is 4.21. The first-order chi connectivity index (χ1) is 4.16. The van der Waals surface area contributed by atoms with E-state index >= 15 is 0 Å². The van der Waals surface area contributed by atoms with Gasteiger partial charge in [0.25, 0.3) is 0 Å². The zero-order valence-electron chi connectivity index (χ0n) is 5.08. The van der Waals surface area contributed by atoms with Crippen molar-refractivity contribution in [1.29, 1.82) is 0 Å². The lowest BCUT2D eigenvalue weighted by molar-refractivity contribution is -0.113. The van der Waals surface area contributed by atoms with Crippen molar-refractivity contribution in [2.24, 2.45) is 11.5 Å². The molecular weight excluding hydrogens is 116 g/mol. The summed E-state index contributed by atoms with van der Waals surface area (Å²) in [5, 5.41) is 0. The van der Waals surface area contributed by atoms with E-state index in [0.29, 0.717) is 0 Å². The predicted octanol–water partition coefficient (Wildman–Crippen LogP) is -0.459. The van der Waals surface area contributed by atoms with E-state index in [9.17, 15) is 4.79 Å². The van der Waals surface area contributed by atoms with E-state index in [1.807, 2.05) is 0 Å². The molecule has 0 spiro atoms. The highest BCUT2D eigenvalue weighted by Gasteiger charge is 1.87. The molecule has 3 nitrogen and oxygen atoms in total. The van der Waals surface area contributed by atoms with Crippen LogP contribution in [0.25, 0.3) is 0 Å². The Kier molecular flexibility index (Phi) is 3.39. The van der Waals surface area contributed by atoms with Gasteiger partial charge in [-0.05, 0) is 0 Å². The molecular formula is C6H10N2O. The minimum Gasteiger partial charge on any atom is -0.366 e. The van der Waals surface area contributed by atoms with Gasteiger partial charge >= 0.3 is 0 Å². The normalized spacial score (nSPS) is 13.4. The maximum atomic E-state index is 10.1. The third-order valence-electron chi connectivity index (χ3n) is 0.755. The highest BCUT2D eigenvalue weighted by Crippen LogP contribution is 1.80. The average molecular weight is 126 g/mol. The quantitative estimate of drug-likeness (QED) is 0.397. The van der Waals surface area contributed by atoms with Gasteiger partial charge in [-0.3, -0.25) is 4.79 Å². The maximum Gasteiger partial charge on any atom is 0.241 e. The molecule has 3 heteroatoms. The highest BCUT2D eigenvalue weighted by molar-refractivity contribution is 5.85. The predicted molar refractivity (Wildman–Crippen MR) is 36.5 cm³/mol. The summed E-state index contributed by atoms with van der Waals surface area (Å²) in [5.74, 6) is -0.493. The van der Waals surface area contributed by atoms with E-state index in [-0.39, 0.29) is 6.04 Å². The Morgan fingerprint density at radius 2 is 2.22 bits per heavy atom. The second-order valence-corrected chi connectivity index (χ2v) is 1.57. The Morgan fingerprint density at radius 3 is 2.56 bits per heavy atom. The van der Waals surface area contributed by atoms with Crippen LogP contribution in [0.1, 0.15) is 0 Å². The summed E-state index contributed by atoms with van der Waals surface area (Å²) in [6.45, 7) is 3.41. The van der Waals surface area contributed by atoms with Crippen LogP contribution in [0.3, 0.4) is 0 Å². The van der Waals surface area contributed by atoms with Crippen molar-refractivity contribution in [3.63, 3.8) is 0 Å². The largest absolute Gasteiger partial charge is 0.366 e. The first-order valence-corrected chi connectivity index (χ1v) is 2.52. The van der Waals surface area contributed by atoms with Crippen LogP contribution in [-0.2, 0) is 4.79 Å². The van der Waals surface area contributed by atoms with Crippen molar-refractivity contribution in [3.05, 3.63) is 24.8 Å². The molecule has 1 unspecified atom stereocenters. The van der Waals surface area contributed by atoms with Gasteiger partial charge in [0, 0.05) is 12.1 Å². The Morgan fingerprint density at radius 1 is 1.67 bits per heavy atom. The average Bonchev–Trinajstić information content (AvgIpc) is 1.83. The highest BCUT2D eigenvalue weighted by atomic mass is 16.1. The Bertz CT molecular complexity index is 140. The van der Waals surface area contributed by atoms with Crippen LogP contribution in [-0.4, -0.2) is 11.9 Å². The molecule has 1 amide bonds. The Hall–Kier alpha value is -1.09. The van der Waals surface area contributed by atoms with Crippen LogP contribution in [0, 0.1) is 0 Å². The second-order valence-electron chi connectivity index (χ2n) is 1.57. The topological polar surface area (TPSA) is 69.1 Å². The summed E-state index contributed by atoms with van der Waals surface area (Å²) in [6, 6.07) is -0.280. The van der Waals surface area contributed by atoms with Gasteiger partial charge in [-0.15, -0.1) is 6.58 Å². The van der Waals surface area contributed by atoms with E-state index in [0.717, 1.165) is 0 Å². The van der Waals surface area contributed by atoms with Crippen molar-refractivity contribution in [3.8, 4) is 0 Å². The number of hydrogen-bond acceptors (Lipinski definition) is 2. The van der Waals surface area contributed by atoms with E-state index in [4.69, 9.17) is 11.5 Å². The van der Waals surface area contributed by atoms with Crippen molar-refractivity contribution in [2.75, 3.05) is 0 Å². The van der Waals surface area contributed by atoms with Crippen LogP contribution in [0.4, 0.5) is 0 Å². The molecule has 0 fully saturated rings. The van der Waals surface area contributed by atoms with Gasteiger partial charge in [0.15, 0.2) is 0 Å². The summed E-state index contributed by atoms with van der Waals surface area (Å²) in [4.78, 5) is 10.1. The SMILES string of the molecule is C=CC(N)C=CC(N)=O. The lowest BCUT2D eigenvalue weighted by atomic mass is 10.3. The van der Waals surface area contributed by atoms with Crippen LogP contribution in [0.2, 0.25) is 0 Å². The number of amides is 1. The molecule has 0 aromatic rings. The first kappa shape index (κ1) is 7.91. The summed E-state index contributed by atoms with van der Waals surface area (Å²) < 4.78 is 0. The fourth-order valence-electron chi connectivity index (χ4n) is 0.285. The zero-order chi connectivity index (χ0) is 7.28. The maximum absolute atomic E-state index is 10.1. The number of carbonyl (C=O) groups is 1. The van der Waals surface area contributed by atoms with E-state index in [1.54, 1.807) is 0 Å². The van der Waals surface area contributed by atoms with Gasteiger partial charge in [0.1, 0.15) is 0 Å². The molecule has 0 aliphatic carbocycles. The monoisotopic (exact) mass is 126 g/mol. The van der Waals surface area contributed by atoms with Gasteiger partial charge < -0.3 is 11.5 Å².